The van der Waals surface area contributed by atoms with E-state index >= 15 is 0 Å². The number of Topliss-reactive ketones (excluding diaryl/α,β-unsaturated/α-hetero) is 1. The van der Waals surface area contributed by atoms with Gasteiger partial charge < -0.3 is 9.80 Å². The lowest BCUT2D eigenvalue weighted by Crippen LogP contribution is -2.26. The molecule has 0 fully saturated rings. The van der Waals surface area contributed by atoms with Crippen molar-refractivity contribution in [2.24, 2.45) is 0 Å². The number of nitrogens with zero attached hydrogens (tertiary/aromatic N) is 2. The van der Waals surface area contributed by atoms with Crippen LogP contribution < -0.4 is 0 Å². The predicted molar refractivity (Wildman–Crippen MR) is 91.5 cm³/mol. The molecule has 0 atom stereocenters. The fraction of sp³-hybridized carbons (Fsp3) is 0.211. The van der Waals surface area contributed by atoms with Gasteiger partial charge in [-0.1, -0.05) is 60.7 Å². The molecule has 2 aromatic rings. The van der Waals surface area contributed by atoms with Gasteiger partial charge in [-0.25, -0.2) is 0 Å². The van der Waals surface area contributed by atoms with Crippen molar-refractivity contribution in [2.45, 2.75) is 0 Å². The van der Waals surface area contributed by atoms with Gasteiger partial charge in [0.1, 0.15) is 5.70 Å². The van der Waals surface area contributed by atoms with Crippen LogP contribution in [0.25, 0.3) is 5.70 Å². The van der Waals surface area contributed by atoms with Crippen molar-refractivity contribution in [2.75, 3.05) is 28.2 Å². The van der Waals surface area contributed by atoms with Crippen molar-refractivity contribution in [1.29, 1.82) is 0 Å². The summed E-state index contributed by atoms with van der Waals surface area (Å²) < 4.78 is 0. The molecule has 0 spiro atoms. The number of allylic oxidation sites excluding steroid dienone is 1. The Balaban J connectivity index is 2.63. The summed E-state index contributed by atoms with van der Waals surface area (Å²) in [5.41, 5.74) is 3.32. The maximum absolute atomic E-state index is 13.0. The molecule has 2 rings (SSSR count). The molecule has 0 aromatic heterocycles. The summed E-state index contributed by atoms with van der Waals surface area (Å²) in [7, 11) is 7.74. The third-order valence-electron chi connectivity index (χ3n) is 3.42. The van der Waals surface area contributed by atoms with E-state index in [-0.39, 0.29) is 5.78 Å². The van der Waals surface area contributed by atoms with Crippen molar-refractivity contribution >= 4 is 11.5 Å². The number of hydrogen-bond acceptors (Lipinski definition) is 3. The Morgan fingerprint density at radius 1 is 0.682 bits per heavy atom. The first-order valence-corrected chi connectivity index (χ1v) is 7.26. The Labute approximate surface area is 132 Å². The average Bonchev–Trinajstić information content (AvgIpc) is 2.52. The Bertz CT molecular complexity index is 658. The van der Waals surface area contributed by atoms with Gasteiger partial charge in [-0.2, -0.15) is 0 Å². The van der Waals surface area contributed by atoms with Gasteiger partial charge >= 0.3 is 0 Å². The van der Waals surface area contributed by atoms with E-state index in [1.807, 2.05) is 98.7 Å². The van der Waals surface area contributed by atoms with E-state index in [0.717, 1.165) is 11.3 Å². The lowest BCUT2D eigenvalue weighted by Gasteiger charge is -2.26. The Kier molecular flexibility index (Phi) is 4.99. The molecule has 0 aliphatic rings. The van der Waals surface area contributed by atoms with Crippen LogP contribution in [0.1, 0.15) is 15.9 Å². The van der Waals surface area contributed by atoms with E-state index in [0.29, 0.717) is 11.3 Å². The number of carbonyl (C=O) groups is 1. The van der Waals surface area contributed by atoms with Gasteiger partial charge in [-0.3, -0.25) is 4.79 Å². The molecular weight excluding hydrogens is 272 g/mol. The van der Waals surface area contributed by atoms with Crippen LogP contribution in [0.5, 0.6) is 0 Å². The van der Waals surface area contributed by atoms with Crippen molar-refractivity contribution in [3.8, 4) is 0 Å². The van der Waals surface area contributed by atoms with E-state index in [2.05, 4.69) is 0 Å². The highest BCUT2D eigenvalue weighted by molar-refractivity contribution is 6.12. The van der Waals surface area contributed by atoms with E-state index in [4.69, 9.17) is 0 Å². The Hall–Kier alpha value is -2.55. The maximum atomic E-state index is 13.0. The lowest BCUT2D eigenvalue weighted by atomic mass is 10.0. The van der Waals surface area contributed by atoms with Crippen molar-refractivity contribution < 1.29 is 4.79 Å². The van der Waals surface area contributed by atoms with Crippen LogP contribution in [-0.4, -0.2) is 43.8 Å². The number of hydrogen-bond donors (Lipinski definition) is 0. The molecule has 114 valence electrons. The van der Waals surface area contributed by atoms with E-state index in [9.17, 15) is 4.79 Å². The minimum atomic E-state index is 0.0261. The third kappa shape index (κ3) is 3.37. The average molecular weight is 294 g/mol. The zero-order valence-corrected chi connectivity index (χ0v) is 13.6. The van der Waals surface area contributed by atoms with Gasteiger partial charge in [0.05, 0.1) is 5.70 Å². The predicted octanol–water partition coefficient (Wildman–Crippen LogP) is 3.36. The summed E-state index contributed by atoms with van der Waals surface area (Å²) in [6.45, 7) is 0. The summed E-state index contributed by atoms with van der Waals surface area (Å²) in [6.07, 6.45) is 0. The molecular formula is C19H22N2O. The SMILES string of the molecule is CN(C)/C(C(=O)c1ccccc1)=C(\c1ccccc1)N(C)C. The second-order valence-electron chi connectivity index (χ2n) is 5.55. The van der Waals surface area contributed by atoms with Gasteiger partial charge in [-0.15, -0.1) is 0 Å². The zero-order valence-electron chi connectivity index (χ0n) is 13.6. The second kappa shape index (κ2) is 6.94. The molecule has 0 saturated heterocycles. The first-order valence-electron chi connectivity index (χ1n) is 7.26. The van der Waals surface area contributed by atoms with Gasteiger partial charge in [-0.05, 0) is 0 Å². The molecule has 22 heavy (non-hydrogen) atoms. The van der Waals surface area contributed by atoms with Crippen LogP contribution in [0.15, 0.2) is 66.4 Å². The second-order valence-corrected chi connectivity index (χ2v) is 5.55. The van der Waals surface area contributed by atoms with Gasteiger partial charge in [0.2, 0.25) is 5.78 Å². The summed E-state index contributed by atoms with van der Waals surface area (Å²) in [5, 5.41) is 0. The molecule has 0 N–H and O–H groups in total. The lowest BCUT2D eigenvalue weighted by molar-refractivity contribution is 0.100. The topological polar surface area (TPSA) is 23.6 Å². The number of likely N-dealkylation sites (N-methyl/N-ethyl adjacent to an activating group) is 1. The van der Waals surface area contributed by atoms with Crippen molar-refractivity contribution in [3.05, 3.63) is 77.5 Å². The highest BCUT2D eigenvalue weighted by Gasteiger charge is 2.21. The number of benzene rings is 2. The zero-order chi connectivity index (χ0) is 16.1. The summed E-state index contributed by atoms with van der Waals surface area (Å²) in [4.78, 5) is 16.9. The first kappa shape index (κ1) is 15.8. The molecule has 0 aliphatic carbocycles. The van der Waals surface area contributed by atoms with Gasteiger partial charge in [0.25, 0.3) is 0 Å². The molecule has 0 unspecified atom stereocenters. The molecule has 0 heterocycles. The minimum absolute atomic E-state index is 0.0261. The largest absolute Gasteiger partial charge is 0.375 e. The molecule has 0 aliphatic heterocycles. The monoisotopic (exact) mass is 294 g/mol. The molecule has 2 aromatic carbocycles. The minimum Gasteiger partial charge on any atom is -0.375 e. The normalized spacial score (nSPS) is 11.6. The molecule has 0 amide bonds. The number of ketones is 1. The van der Waals surface area contributed by atoms with Crippen molar-refractivity contribution in [1.82, 2.24) is 9.80 Å². The van der Waals surface area contributed by atoms with Crippen LogP contribution in [-0.2, 0) is 0 Å². The van der Waals surface area contributed by atoms with Crippen LogP contribution in [0.2, 0.25) is 0 Å². The van der Waals surface area contributed by atoms with Gasteiger partial charge in [0.15, 0.2) is 0 Å². The smallest absolute Gasteiger partial charge is 0.211 e. The standard InChI is InChI=1S/C19H22N2O/c1-20(2)17(15-11-7-5-8-12-15)18(21(3)4)19(22)16-13-9-6-10-14-16/h5-14H,1-4H3/b18-17+. The highest BCUT2D eigenvalue weighted by atomic mass is 16.1. The first-order chi connectivity index (χ1) is 10.5. The summed E-state index contributed by atoms with van der Waals surface area (Å²) in [6, 6.07) is 19.4. The van der Waals surface area contributed by atoms with Gasteiger partial charge in [0, 0.05) is 39.3 Å². The summed E-state index contributed by atoms with van der Waals surface area (Å²) >= 11 is 0. The Morgan fingerprint density at radius 3 is 1.55 bits per heavy atom. The van der Waals surface area contributed by atoms with E-state index < -0.39 is 0 Å². The molecule has 3 heteroatoms. The van der Waals surface area contributed by atoms with Crippen LogP contribution in [0, 0.1) is 0 Å². The maximum Gasteiger partial charge on any atom is 0.211 e. The van der Waals surface area contributed by atoms with Crippen LogP contribution in [0.3, 0.4) is 0 Å². The van der Waals surface area contributed by atoms with Crippen LogP contribution in [0.4, 0.5) is 0 Å². The molecule has 0 bridgehead atoms. The number of carbonyl (C=O) groups excluding carboxylic acids is 1. The number of rotatable bonds is 5. The Morgan fingerprint density at radius 2 is 1.14 bits per heavy atom. The fourth-order valence-electron chi connectivity index (χ4n) is 2.45. The quantitative estimate of drug-likeness (QED) is 0.624. The van der Waals surface area contributed by atoms with E-state index in [1.165, 1.54) is 0 Å². The molecule has 3 nitrogen and oxygen atoms in total. The molecule has 0 radical (unpaired) electrons. The van der Waals surface area contributed by atoms with E-state index in [1.54, 1.807) is 0 Å². The highest BCUT2D eigenvalue weighted by Crippen LogP contribution is 2.25. The third-order valence-corrected chi connectivity index (χ3v) is 3.42. The summed E-state index contributed by atoms with van der Waals surface area (Å²) in [5.74, 6) is 0.0261. The molecule has 0 saturated carbocycles. The van der Waals surface area contributed by atoms with Crippen molar-refractivity contribution in [3.63, 3.8) is 0 Å². The fourth-order valence-corrected chi connectivity index (χ4v) is 2.45. The van der Waals surface area contributed by atoms with Crippen LogP contribution >= 0.6 is 0 Å².